The zero-order chi connectivity index (χ0) is 26.0. The van der Waals surface area contributed by atoms with Gasteiger partial charge < -0.3 is 19.8 Å². The highest BCUT2D eigenvalue weighted by molar-refractivity contribution is 7.91. The third-order valence-corrected chi connectivity index (χ3v) is 9.11. The van der Waals surface area contributed by atoms with Gasteiger partial charge in [0.1, 0.15) is 5.82 Å². The molecule has 4 rings (SSSR count). The number of amides is 2. The van der Waals surface area contributed by atoms with E-state index in [-0.39, 0.29) is 31.5 Å². The fraction of sp³-hybridized carbons (Fsp3) is 0.480. The van der Waals surface area contributed by atoms with Crippen LogP contribution in [0.1, 0.15) is 24.8 Å². The van der Waals surface area contributed by atoms with Crippen LogP contribution in [0.15, 0.2) is 48.7 Å². The van der Waals surface area contributed by atoms with E-state index in [2.05, 4.69) is 4.98 Å². The molecule has 0 saturated carbocycles. The van der Waals surface area contributed by atoms with Gasteiger partial charge in [-0.3, -0.25) is 4.79 Å². The van der Waals surface area contributed by atoms with Crippen LogP contribution in [-0.2, 0) is 14.6 Å². The minimum atomic E-state index is -3.55. The lowest BCUT2D eigenvalue weighted by Gasteiger charge is -2.39. The van der Waals surface area contributed by atoms with E-state index in [0.29, 0.717) is 30.4 Å². The summed E-state index contributed by atoms with van der Waals surface area (Å²) in [6, 6.07) is 12.2. The first-order valence-electron chi connectivity index (χ1n) is 12.0. The van der Waals surface area contributed by atoms with Gasteiger partial charge in [0.15, 0.2) is 9.84 Å². The van der Waals surface area contributed by atoms with Crippen molar-refractivity contribution >= 4 is 39.3 Å². The number of aromatic nitrogens is 1. The summed E-state index contributed by atoms with van der Waals surface area (Å²) in [5, 5.41) is 9.51. The van der Waals surface area contributed by atoms with Crippen molar-refractivity contribution in [1.82, 2.24) is 14.8 Å². The lowest BCUT2D eigenvalue weighted by Crippen LogP contribution is -2.53. The SMILES string of the molecule is CCN(C(=O)O)[C@@H]1CN(C(=O)C2CCN(c3ccccn3)CC2S(C)(=O)=O)C[C@H]1c1ccc(Cl)cc1. The number of hydrogen-bond donors (Lipinski definition) is 1. The van der Waals surface area contributed by atoms with E-state index in [1.54, 1.807) is 36.2 Å². The Bertz CT molecular complexity index is 1190. The van der Waals surface area contributed by atoms with Crippen molar-refractivity contribution in [3.8, 4) is 0 Å². The number of pyridine rings is 1. The molecule has 1 aromatic heterocycles. The molecule has 0 aliphatic carbocycles. The molecule has 4 atom stereocenters. The highest BCUT2D eigenvalue weighted by Crippen LogP contribution is 2.35. The molecule has 0 bridgehead atoms. The van der Waals surface area contributed by atoms with E-state index < -0.39 is 33.1 Å². The topological polar surface area (TPSA) is 111 Å². The van der Waals surface area contributed by atoms with Gasteiger partial charge in [0, 0.05) is 56.1 Å². The zero-order valence-electron chi connectivity index (χ0n) is 20.3. The first-order valence-corrected chi connectivity index (χ1v) is 14.3. The van der Waals surface area contributed by atoms with Crippen molar-refractivity contribution in [1.29, 1.82) is 0 Å². The number of carbonyl (C=O) groups excluding carboxylic acids is 1. The fourth-order valence-corrected chi connectivity index (χ4v) is 6.87. The number of rotatable bonds is 6. The summed E-state index contributed by atoms with van der Waals surface area (Å²) in [4.78, 5) is 35.0. The van der Waals surface area contributed by atoms with Gasteiger partial charge in [0.25, 0.3) is 0 Å². The number of carboxylic acid groups (broad SMARTS) is 1. The van der Waals surface area contributed by atoms with E-state index in [1.165, 1.54) is 11.2 Å². The van der Waals surface area contributed by atoms with Crippen molar-refractivity contribution in [2.75, 3.05) is 43.9 Å². The van der Waals surface area contributed by atoms with Crippen molar-refractivity contribution in [2.45, 2.75) is 30.6 Å². The predicted molar refractivity (Wildman–Crippen MR) is 138 cm³/mol. The second kappa shape index (κ2) is 10.6. The maximum absolute atomic E-state index is 13.8. The van der Waals surface area contributed by atoms with Gasteiger partial charge in [-0.05, 0) is 43.2 Å². The summed E-state index contributed by atoms with van der Waals surface area (Å²) in [5.41, 5.74) is 0.893. The Morgan fingerprint density at radius 3 is 2.44 bits per heavy atom. The minimum absolute atomic E-state index is 0.181. The van der Waals surface area contributed by atoms with E-state index in [1.807, 2.05) is 29.2 Å². The van der Waals surface area contributed by atoms with Crippen LogP contribution in [-0.4, -0.2) is 90.6 Å². The third-order valence-electron chi connectivity index (χ3n) is 7.29. The number of carbonyl (C=O) groups is 2. The van der Waals surface area contributed by atoms with Crippen LogP contribution in [0.2, 0.25) is 5.02 Å². The normalized spacial score (nSPS) is 24.5. The van der Waals surface area contributed by atoms with Crippen molar-refractivity contribution in [3.05, 3.63) is 59.2 Å². The molecule has 2 unspecified atom stereocenters. The fourth-order valence-electron chi connectivity index (χ4n) is 5.45. The summed E-state index contributed by atoms with van der Waals surface area (Å²) in [7, 11) is -3.55. The Labute approximate surface area is 216 Å². The Hall–Kier alpha value is -2.85. The largest absolute Gasteiger partial charge is 0.465 e. The van der Waals surface area contributed by atoms with Gasteiger partial charge in [-0.1, -0.05) is 29.8 Å². The third kappa shape index (κ3) is 5.44. The van der Waals surface area contributed by atoms with Crippen molar-refractivity contribution in [2.24, 2.45) is 5.92 Å². The van der Waals surface area contributed by atoms with Gasteiger partial charge in [0.2, 0.25) is 5.91 Å². The maximum Gasteiger partial charge on any atom is 0.407 e. The van der Waals surface area contributed by atoms with E-state index >= 15 is 0 Å². The smallest absolute Gasteiger partial charge is 0.407 e. The number of piperidine rings is 1. The number of anilines is 1. The number of hydrogen-bond acceptors (Lipinski definition) is 6. The first kappa shape index (κ1) is 26.2. The molecule has 0 radical (unpaired) electrons. The maximum atomic E-state index is 13.8. The second-order valence-corrected chi connectivity index (χ2v) is 12.1. The number of likely N-dealkylation sites (tertiary alicyclic amines) is 1. The molecule has 2 aliphatic heterocycles. The van der Waals surface area contributed by atoms with E-state index in [0.717, 1.165) is 5.56 Å². The number of nitrogens with zero attached hydrogens (tertiary/aromatic N) is 4. The van der Waals surface area contributed by atoms with E-state index in [9.17, 15) is 23.1 Å². The highest BCUT2D eigenvalue weighted by atomic mass is 35.5. The Morgan fingerprint density at radius 2 is 1.86 bits per heavy atom. The molecule has 36 heavy (non-hydrogen) atoms. The average molecular weight is 535 g/mol. The lowest BCUT2D eigenvalue weighted by molar-refractivity contribution is -0.135. The van der Waals surface area contributed by atoms with Crippen LogP contribution in [0, 0.1) is 5.92 Å². The molecule has 194 valence electrons. The molecule has 9 nitrogen and oxygen atoms in total. The van der Waals surface area contributed by atoms with Crippen LogP contribution in [0.5, 0.6) is 0 Å². The quantitative estimate of drug-likeness (QED) is 0.606. The Morgan fingerprint density at radius 1 is 1.14 bits per heavy atom. The number of sulfone groups is 1. The van der Waals surface area contributed by atoms with Crippen molar-refractivity contribution < 1.29 is 23.1 Å². The standard InChI is InChI=1S/C25H31ClN4O5S/c1-3-30(25(32)33)21-15-29(14-20(21)17-7-9-18(26)10-8-17)24(31)19-11-13-28(16-22(19)36(2,34)35)23-6-4-5-12-27-23/h4-10,12,19-22H,3,11,13-16H2,1-2H3,(H,32,33)/t19?,20-,21+,22?/m0/s1. The predicted octanol–water partition coefficient (Wildman–Crippen LogP) is 2.97. The average Bonchev–Trinajstić information content (AvgIpc) is 3.29. The molecule has 2 saturated heterocycles. The monoisotopic (exact) mass is 534 g/mol. The summed E-state index contributed by atoms with van der Waals surface area (Å²) in [6.07, 6.45) is 2.15. The molecule has 11 heteroatoms. The zero-order valence-corrected chi connectivity index (χ0v) is 21.9. The summed E-state index contributed by atoms with van der Waals surface area (Å²) in [6.45, 7) is 3.26. The lowest BCUT2D eigenvalue weighted by atomic mass is 9.93. The molecule has 0 spiro atoms. The van der Waals surface area contributed by atoms with Crippen LogP contribution in [0.4, 0.5) is 10.6 Å². The molecule has 3 heterocycles. The van der Waals surface area contributed by atoms with Gasteiger partial charge in [-0.15, -0.1) is 0 Å². The molecule has 1 aromatic carbocycles. The first-order chi connectivity index (χ1) is 17.1. The molecular weight excluding hydrogens is 504 g/mol. The van der Waals surface area contributed by atoms with Gasteiger partial charge in [0.05, 0.1) is 17.2 Å². The number of benzene rings is 1. The van der Waals surface area contributed by atoms with Crippen molar-refractivity contribution in [3.63, 3.8) is 0 Å². The van der Waals surface area contributed by atoms with Gasteiger partial charge in [-0.25, -0.2) is 18.2 Å². The van der Waals surface area contributed by atoms with Gasteiger partial charge >= 0.3 is 6.09 Å². The number of halogens is 1. The molecule has 2 fully saturated rings. The summed E-state index contributed by atoms with van der Waals surface area (Å²) in [5.74, 6) is -0.507. The summed E-state index contributed by atoms with van der Waals surface area (Å²) < 4.78 is 25.6. The highest BCUT2D eigenvalue weighted by Gasteiger charge is 2.46. The number of likely N-dealkylation sites (N-methyl/N-ethyl adjacent to an activating group) is 1. The molecule has 2 aromatic rings. The molecular formula is C25H31ClN4O5S. The second-order valence-electron chi connectivity index (χ2n) is 9.43. The van der Waals surface area contributed by atoms with Crippen LogP contribution in [0.25, 0.3) is 0 Å². The van der Waals surface area contributed by atoms with Crippen LogP contribution >= 0.6 is 11.6 Å². The van der Waals surface area contributed by atoms with Crippen LogP contribution < -0.4 is 4.90 Å². The minimum Gasteiger partial charge on any atom is -0.465 e. The summed E-state index contributed by atoms with van der Waals surface area (Å²) >= 11 is 6.06. The van der Waals surface area contributed by atoms with E-state index in [4.69, 9.17) is 11.6 Å². The Balaban J connectivity index is 1.60. The Kier molecular flexibility index (Phi) is 7.75. The van der Waals surface area contributed by atoms with Crippen LogP contribution in [0.3, 0.4) is 0 Å². The van der Waals surface area contributed by atoms with Gasteiger partial charge in [-0.2, -0.15) is 0 Å². The molecule has 2 aliphatic rings. The molecule has 2 amide bonds. The molecule has 1 N–H and O–H groups in total.